The van der Waals surface area contributed by atoms with Crippen molar-refractivity contribution in [2.75, 3.05) is 47.5 Å². The highest BCUT2D eigenvalue weighted by Gasteiger charge is 2.38. The molecule has 3 amide bonds. The summed E-state index contributed by atoms with van der Waals surface area (Å²) in [5.41, 5.74) is 1.51. The third-order valence-corrected chi connectivity index (χ3v) is 11.4. The van der Waals surface area contributed by atoms with Crippen LogP contribution in [0.3, 0.4) is 0 Å². The molecule has 2 heterocycles. The van der Waals surface area contributed by atoms with Crippen LogP contribution in [0.2, 0.25) is 0 Å². The van der Waals surface area contributed by atoms with Gasteiger partial charge in [-0.3, -0.25) is 28.9 Å². The van der Waals surface area contributed by atoms with E-state index < -0.39 is 42.0 Å². The van der Waals surface area contributed by atoms with Crippen LogP contribution in [-0.2, 0) is 28.7 Å². The van der Waals surface area contributed by atoms with Crippen LogP contribution in [0.15, 0.2) is 23.6 Å². The second kappa shape index (κ2) is 21.9. The highest BCUT2D eigenvalue weighted by atomic mass is 32.1. The lowest BCUT2D eigenvalue weighted by Gasteiger charge is -2.40. The monoisotopic (exact) mass is 787 g/mol. The number of carbonyl (C=O) groups excluding carboxylic acids is 4. The molecule has 0 bridgehead atoms. The molecule has 0 radical (unpaired) electrons. The molecule has 3 unspecified atom stereocenters. The molecule has 15 heteroatoms. The number of likely N-dealkylation sites (tertiary alicyclic amines) is 1. The van der Waals surface area contributed by atoms with Gasteiger partial charge in [-0.2, -0.15) is 0 Å². The smallest absolute Gasteiger partial charge is 0.311 e. The van der Waals surface area contributed by atoms with Gasteiger partial charge >= 0.3 is 11.9 Å². The molecular formula is C40H61N5O9S. The van der Waals surface area contributed by atoms with Crippen LogP contribution in [0.25, 0.3) is 0 Å². The normalized spacial score (nSPS) is 17.4. The molecule has 1 aromatic heterocycles. The molecule has 1 aliphatic rings. The number of carboxylic acid groups (broad SMARTS) is 1. The average Bonchev–Trinajstić information content (AvgIpc) is 3.65. The van der Waals surface area contributed by atoms with E-state index in [0.717, 1.165) is 42.7 Å². The van der Waals surface area contributed by atoms with E-state index in [1.165, 1.54) is 14.0 Å². The number of likely N-dealkylation sites (N-methyl/N-ethyl adjacent to an activating group) is 1. The number of ether oxygens (including phenoxy) is 3. The summed E-state index contributed by atoms with van der Waals surface area (Å²) in [5, 5.41) is 17.8. The van der Waals surface area contributed by atoms with Crippen molar-refractivity contribution in [1.82, 2.24) is 25.4 Å². The number of aryl methyl sites for hydroxylation is 1. The van der Waals surface area contributed by atoms with E-state index >= 15 is 0 Å². The van der Waals surface area contributed by atoms with Crippen molar-refractivity contribution in [3.05, 3.63) is 45.4 Å². The Hall–Kier alpha value is -4.08. The lowest BCUT2D eigenvalue weighted by atomic mass is 9.92. The summed E-state index contributed by atoms with van der Waals surface area (Å²) in [6, 6.07) is 3.73. The highest BCUT2D eigenvalue weighted by Crippen LogP contribution is 2.32. The maximum atomic E-state index is 14.6. The van der Waals surface area contributed by atoms with Gasteiger partial charge in [0.05, 0.1) is 25.7 Å². The number of carbonyl (C=O) groups is 5. The van der Waals surface area contributed by atoms with Gasteiger partial charge in [0.15, 0.2) is 6.10 Å². The standard InChI is InChI=1S/C40H61N5O9S/c1-10-25(4)35(43-37(48)32-13-11-12-18-44(32)7)39(49)45(19-20-52-8)33(24(2)3)22-34(54-27(6)46)38-42-31(23-55-38)36(47)41-17-16-29(40(50)51)30-21-28(53-9)15-14-26(30)5/h14-15,21,23-25,29,32-35H,10-13,16-20,22H2,1-9H3,(H,41,47)(H,43,48)(H,50,51)/t25?,29-,32?,33-,34-,35?/m1/s1. The quantitative estimate of drug-likeness (QED) is 0.146. The van der Waals surface area contributed by atoms with Crippen molar-refractivity contribution >= 4 is 41.0 Å². The van der Waals surface area contributed by atoms with E-state index in [1.807, 2.05) is 46.6 Å². The van der Waals surface area contributed by atoms with Crippen LogP contribution in [0.4, 0.5) is 0 Å². The van der Waals surface area contributed by atoms with Gasteiger partial charge in [-0.05, 0) is 74.9 Å². The number of aromatic nitrogens is 1. The van der Waals surface area contributed by atoms with E-state index in [4.69, 9.17) is 14.2 Å². The van der Waals surface area contributed by atoms with Gasteiger partial charge in [-0.25, -0.2) is 4.98 Å². The van der Waals surface area contributed by atoms with Gasteiger partial charge in [-0.15, -0.1) is 11.3 Å². The van der Waals surface area contributed by atoms with Crippen molar-refractivity contribution in [3.8, 4) is 5.75 Å². The van der Waals surface area contributed by atoms with Crippen LogP contribution in [0.1, 0.15) is 112 Å². The largest absolute Gasteiger partial charge is 0.497 e. The third-order valence-electron chi connectivity index (χ3n) is 10.5. The van der Waals surface area contributed by atoms with E-state index in [-0.39, 0.29) is 67.9 Å². The number of benzene rings is 1. The van der Waals surface area contributed by atoms with Crippen LogP contribution in [0, 0.1) is 18.8 Å². The fourth-order valence-corrected chi connectivity index (χ4v) is 7.86. The fraction of sp³-hybridized carbons (Fsp3) is 0.650. The third kappa shape index (κ3) is 12.7. The van der Waals surface area contributed by atoms with E-state index in [9.17, 15) is 29.1 Å². The molecule has 0 aliphatic carbocycles. The summed E-state index contributed by atoms with van der Waals surface area (Å²) in [5.74, 6) is -3.03. The zero-order chi connectivity index (χ0) is 40.8. The summed E-state index contributed by atoms with van der Waals surface area (Å²) >= 11 is 1.16. The molecule has 0 saturated carbocycles. The summed E-state index contributed by atoms with van der Waals surface area (Å²) in [7, 11) is 5.01. The first-order valence-corrected chi connectivity index (χ1v) is 20.1. The summed E-state index contributed by atoms with van der Waals surface area (Å²) in [4.78, 5) is 74.4. The molecule has 1 aromatic carbocycles. The topological polar surface area (TPSA) is 177 Å². The van der Waals surface area contributed by atoms with Crippen LogP contribution in [0.5, 0.6) is 5.75 Å². The van der Waals surface area contributed by atoms with Crippen molar-refractivity contribution in [1.29, 1.82) is 0 Å². The van der Waals surface area contributed by atoms with Gasteiger partial charge in [-0.1, -0.05) is 46.6 Å². The number of hydrogen-bond donors (Lipinski definition) is 3. The Balaban J connectivity index is 1.83. The van der Waals surface area contributed by atoms with E-state index in [0.29, 0.717) is 22.7 Å². The molecule has 0 spiro atoms. The highest BCUT2D eigenvalue weighted by molar-refractivity contribution is 7.09. The van der Waals surface area contributed by atoms with Gasteiger partial charge in [0.2, 0.25) is 11.8 Å². The lowest BCUT2D eigenvalue weighted by Crippen LogP contribution is -2.59. The number of amides is 3. The van der Waals surface area contributed by atoms with Crippen molar-refractivity contribution < 1.29 is 43.3 Å². The number of methoxy groups -OCH3 is 2. The minimum Gasteiger partial charge on any atom is -0.497 e. The van der Waals surface area contributed by atoms with Gasteiger partial charge < -0.3 is 34.9 Å². The number of nitrogens with one attached hydrogen (secondary N) is 2. The van der Waals surface area contributed by atoms with Gasteiger partial charge in [0.25, 0.3) is 5.91 Å². The Morgan fingerprint density at radius 1 is 1.13 bits per heavy atom. The average molecular weight is 788 g/mol. The number of carboxylic acids is 1. The Morgan fingerprint density at radius 2 is 1.85 bits per heavy atom. The molecule has 6 atom stereocenters. The minimum absolute atomic E-state index is 0.0730. The summed E-state index contributed by atoms with van der Waals surface area (Å²) in [6.45, 7) is 12.4. The Kier molecular flexibility index (Phi) is 18.0. The molecule has 306 valence electrons. The van der Waals surface area contributed by atoms with Crippen molar-refractivity contribution in [2.24, 2.45) is 11.8 Å². The second-order valence-corrected chi connectivity index (χ2v) is 15.7. The minimum atomic E-state index is -1.02. The number of piperidine rings is 1. The van der Waals surface area contributed by atoms with Crippen LogP contribution < -0.4 is 15.4 Å². The van der Waals surface area contributed by atoms with E-state index in [2.05, 4.69) is 15.6 Å². The predicted molar refractivity (Wildman–Crippen MR) is 210 cm³/mol. The molecule has 55 heavy (non-hydrogen) atoms. The summed E-state index contributed by atoms with van der Waals surface area (Å²) in [6.07, 6.45) is 2.82. The number of aliphatic carboxylic acids is 1. The number of thiazole rings is 1. The van der Waals surface area contributed by atoms with Crippen molar-refractivity contribution in [2.45, 2.75) is 110 Å². The predicted octanol–water partition coefficient (Wildman–Crippen LogP) is 4.96. The Bertz CT molecular complexity index is 1600. The summed E-state index contributed by atoms with van der Waals surface area (Å²) < 4.78 is 16.5. The molecule has 1 aliphatic heterocycles. The van der Waals surface area contributed by atoms with Crippen LogP contribution in [-0.4, -0.2) is 115 Å². The maximum absolute atomic E-state index is 14.6. The second-order valence-electron chi connectivity index (χ2n) is 14.8. The zero-order valence-electron chi connectivity index (χ0n) is 33.9. The molecule has 3 N–H and O–H groups in total. The molecule has 1 saturated heterocycles. The maximum Gasteiger partial charge on any atom is 0.311 e. The number of rotatable bonds is 21. The first kappa shape index (κ1) is 45.3. The Labute approximate surface area is 329 Å². The van der Waals surface area contributed by atoms with Crippen molar-refractivity contribution in [3.63, 3.8) is 0 Å². The molecule has 2 aromatic rings. The van der Waals surface area contributed by atoms with Gasteiger partial charge in [0, 0.05) is 45.0 Å². The van der Waals surface area contributed by atoms with Gasteiger partial charge in [0.1, 0.15) is 22.5 Å². The number of nitrogens with zero attached hydrogens (tertiary/aromatic N) is 3. The zero-order valence-corrected chi connectivity index (χ0v) is 34.7. The molecular weight excluding hydrogens is 727 g/mol. The first-order chi connectivity index (χ1) is 26.1. The molecule has 1 fully saturated rings. The fourth-order valence-electron chi connectivity index (χ4n) is 7.02. The molecule has 14 nitrogen and oxygen atoms in total. The SMILES string of the molecule is CCC(C)C(NC(=O)C1CCCCN1C)C(=O)N(CCOC)[C@H](C[C@@H](OC(C)=O)c1nc(C(=O)NCC[C@@H](C(=O)O)c2cc(OC)ccc2C)cs1)C(C)C. The lowest BCUT2D eigenvalue weighted by molar-refractivity contribution is -0.150. The molecule has 3 rings (SSSR count). The first-order valence-electron chi connectivity index (χ1n) is 19.2. The Morgan fingerprint density at radius 3 is 2.45 bits per heavy atom. The van der Waals surface area contributed by atoms with E-state index in [1.54, 1.807) is 35.6 Å². The van der Waals surface area contributed by atoms with Crippen LogP contribution >= 0.6 is 11.3 Å². The number of esters is 1. The number of hydrogen-bond acceptors (Lipinski definition) is 11.